The van der Waals surface area contributed by atoms with Crippen molar-refractivity contribution in [2.45, 2.75) is 19.1 Å². The minimum absolute atomic E-state index is 0.165. The molecule has 0 aromatic heterocycles. The Labute approximate surface area is 101 Å². The molecule has 7 heteroatoms. The molecule has 0 aliphatic heterocycles. The number of aryl methyl sites for hydroxylation is 1. The second kappa shape index (κ2) is 5.62. The van der Waals surface area contributed by atoms with Gasteiger partial charge in [-0.05, 0) is 18.6 Å². The summed E-state index contributed by atoms with van der Waals surface area (Å²) in [5, 5.41) is 0. The first kappa shape index (κ1) is 14.8. The van der Waals surface area contributed by atoms with Crippen LogP contribution in [0.5, 0.6) is 0 Å². The maximum atomic E-state index is 13.6. The molecule has 2 nitrogen and oxygen atoms in total. The second-order valence-electron chi connectivity index (χ2n) is 3.83. The second-order valence-corrected chi connectivity index (χ2v) is 3.83. The van der Waals surface area contributed by atoms with Crippen LogP contribution in [-0.4, -0.2) is 19.4 Å². The van der Waals surface area contributed by atoms with Gasteiger partial charge in [-0.1, -0.05) is 6.07 Å². The topological polar surface area (TPSA) is 35.2 Å². The zero-order valence-corrected chi connectivity index (χ0v) is 9.52. The van der Waals surface area contributed by atoms with Crippen molar-refractivity contribution in [3.05, 3.63) is 34.9 Å². The first-order valence-electron chi connectivity index (χ1n) is 5.07. The molecule has 0 saturated carbocycles. The van der Waals surface area contributed by atoms with Crippen LogP contribution in [0.25, 0.3) is 0 Å². The van der Waals surface area contributed by atoms with Crippen molar-refractivity contribution < 1.29 is 26.7 Å². The highest BCUT2D eigenvalue weighted by molar-refractivity contribution is 5.29. The molecule has 0 aliphatic rings. The van der Waals surface area contributed by atoms with E-state index in [1.807, 2.05) is 0 Å². The normalized spacial score (nSPS) is 13.7. The van der Waals surface area contributed by atoms with Gasteiger partial charge in [0.15, 0.2) is 0 Å². The predicted molar refractivity (Wildman–Crippen MR) is 54.9 cm³/mol. The molecule has 18 heavy (non-hydrogen) atoms. The summed E-state index contributed by atoms with van der Waals surface area (Å²) in [5.74, 6) is -1.76. The standard InChI is InChI=1S/C11H12F5NO/c1-6-2-3-7(12)9(10(6)13)8(17)4-18-5-11(14,15)16/h2-3,8H,4-5,17H2,1H3. The number of nitrogens with two attached hydrogens (primary N) is 1. The lowest BCUT2D eigenvalue weighted by Gasteiger charge is -2.16. The Morgan fingerprint density at radius 1 is 1.28 bits per heavy atom. The predicted octanol–water partition coefficient (Wildman–Crippen LogP) is 2.85. The highest BCUT2D eigenvalue weighted by Crippen LogP contribution is 2.23. The van der Waals surface area contributed by atoms with E-state index in [1.54, 1.807) is 0 Å². The van der Waals surface area contributed by atoms with Crippen molar-refractivity contribution in [3.63, 3.8) is 0 Å². The number of rotatable bonds is 4. The maximum absolute atomic E-state index is 13.6. The Kier molecular flexibility index (Phi) is 4.64. The van der Waals surface area contributed by atoms with Crippen molar-refractivity contribution in [1.82, 2.24) is 0 Å². The quantitative estimate of drug-likeness (QED) is 0.853. The maximum Gasteiger partial charge on any atom is 0.411 e. The van der Waals surface area contributed by atoms with Crippen molar-refractivity contribution in [2.75, 3.05) is 13.2 Å². The third-order valence-corrected chi connectivity index (χ3v) is 2.25. The average molecular weight is 269 g/mol. The Bertz CT molecular complexity index is 419. The lowest BCUT2D eigenvalue weighted by Crippen LogP contribution is -2.24. The van der Waals surface area contributed by atoms with Gasteiger partial charge in [0.05, 0.1) is 12.6 Å². The van der Waals surface area contributed by atoms with Crippen LogP contribution in [0.4, 0.5) is 22.0 Å². The van der Waals surface area contributed by atoms with E-state index in [1.165, 1.54) is 13.0 Å². The molecule has 0 radical (unpaired) electrons. The van der Waals surface area contributed by atoms with Crippen LogP contribution >= 0.6 is 0 Å². The van der Waals surface area contributed by atoms with Gasteiger partial charge in [-0.15, -0.1) is 0 Å². The van der Waals surface area contributed by atoms with Gasteiger partial charge >= 0.3 is 6.18 Å². The molecule has 1 rings (SSSR count). The third kappa shape index (κ3) is 3.92. The van der Waals surface area contributed by atoms with E-state index in [2.05, 4.69) is 4.74 Å². The molecule has 102 valence electrons. The van der Waals surface area contributed by atoms with Crippen molar-refractivity contribution in [2.24, 2.45) is 5.73 Å². The SMILES string of the molecule is Cc1ccc(F)c(C(N)COCC(F)(F)F)c1F. The monoisotopic (exact) mass is 269 g/mol. The van der Waals surface area contributed by atoms with Crippen LogP contribution in [0.15, 0.2) is 12.1 Å². The fourth-order valence-electron chi connectivity index (χ4n) is 1.40. The highest BCUT2D eigenvalue weighted by atomic mass is 19.4. The molecule has 1 unspecified atom stereocenters. The molecule has 1 aromatic carbocycles. The summed E-state index contributed by atoms with van der Waals surface area (Å²) in [7, 11) is 0. The van der Waals surface area contributed by atoms with Gasteiger partial charge in [-0.2, -0.15) is 13.2 Å². The summed E-state index contributed by atoms with van der Waals surface area (Å²) in [6.07, 6.45) is -4.50. The summed E-state index contributed by atoms with van der Waals surface area (Å²) in [6, 6.07) is 0.946. The van der Waals surface area contributed by atoms with Crippen molar-refractivity contribution in [3.8, 4) is 0 Å². The Hall–Kier alpha value is -1.21. The van der Waals surface area contributed by atoms with Gasteiger partial charge in [-0.3, -0.25) is 0 Å². The summed E-state index contributed by atoms with van der Waals surface area (Å²) in [4.78, 5) is 0. The first-order chi connectivity index (χ1) is 8.22. The molecule has 0 spiro atoms. The van der Waals surface area contributed by atoms with E-state index in [0.717, 1.165) is 6.07 Å². The Balaban J connectivity index is 2.73. The van der Waals surface area contributed by atoms with E-state index in [-0.39, 0.29) is 5.56 Å². The molecular weight excluding hydrogens is 257 g/mol. The zero-order valence-electron chi connectivity index (χ0n) is 9.52. The van der Waals surface area contributed by atoms with Crippen LogP contribution in [-0.2, 0) is 4.74 Å². The minimum atomic E-state index is -4.50. The average Bonchev–Trinajstić information content (AvgIpc) is 2.22. The number of hydrogen-bond donors (Lipinski definition) is 1. The molecule has 1 atom stereocenters. The molecule has 0 fully saturated rings. The highest BCUT2D eigenvalue weighted by Gasteiger charge is 2.28. The van der Waals surface area contributed by atoms with Crippen molar-refractivity contribution in [1.29, 1.82) is 0 Å². The summed E-state index contributed by atoms with van der Waals surface area (Å²) in [6.45, 7) is -0.714. The van der Waals surface area contributed by atoms with Gasteiger partial charge in [0.25, 0.3) is 0 Å². The Morgan fingerprint density at radius 2 is 1.89 bits per heavy atom. The molecule has 0 heterocycles. The number of ether oxygens (including phenoxy) is 1. The molecule has 2 N–H and O–H groups in total. The van der Waals surface area contributed by atoms with Crippen LogP contribution in [0, 0.1) is 18.6 Å². The molecule has 0 saturated heterocycles. The van der Waals surface area contributed by atoms with Gasteiger partial charge in [0.2, 0.25) is 0 Å². The molecule has 0 amide bonds. The van der Waals surface area contributed by atoms with Crippen molar-refractivity contribution >= 4 is 0 Å². The van der Waals surface area contributed by atoms with Gasteiger partial charge < -0.3 is 10.5 Å². The van der Waals surface area contributed by atoms with Crippen LogP contribution in [0.3, 0.4) is 0 Å². The molecule has 1 aromatic rings. The zero-order chi connectivity index (χ0) is 13.9. The van der Waals surface area contributed by atoms with Crippen LogP contribution in [0.1, 0.15) is 17.2 Å². The van der Waals surface area contributed by atoms with E-state index < -0.39 is 42.6 Å². The fraction of sp³-hybridized carbons (Fsp3) is 0.455. The van der Waals surface area contributed by atoms with Crippen LogP contribution in [0.2, 0.25) is 0 Å². The lowest BCUT2D eigenvalue weighted by atomic mass is 10.0. The third-order valence-electron chi connectivity index (χ3n) is 2.25. The lowest BCUT2D eigenvalue weighted by molar-refractivity contribution is -0.174. The molecular formula is C11H12F5NO. The number of halogens is 5. The van der Waals surface area contributed by atoms with E-state index in [4.69, 9.17) is 5.73 Å². The number of alkyl halides is 3. The largest absolute Gasteiger partial charge is 0.411 e. The van der Waals surface area contributed by atoms with E-state index in [9.17, 15) is 22.0 Å². The summed E-state index contributed by atoms with van der Waals surface area (Å²) >= 11 is 0. The summed E-state index contributed by atoms with van der Waals surface area (Å²) < 4.78 is 66.7. The van der Waals surface area contributed by atoms with Gasteiger partial charge in [-0.25, -0.2) is 8.78 Å². The van der Waals surface area contributed by atoms with Gasteiger partial charge in [0.1, 0.15) is 18.2 Å². The summed E-state index contributed by atoms with van der Waals surface area (Å²) in [5.41, 5.74) is 5.13. The fourth-order valence-corrected chi connectivity index (χ4v) is 1.40. The van der Waals surface area contributed by atoms with E-state index >= 15 is 0 Å². The molecule has 0 bridgehead atoms. The van der Waals surface area contributed by atoms with Crippen LogP contribution < -0.4 is 5.73 Å². The Morgan fingerprint density at radius 3 is 2.44 bits per heavy atom. The first-order valence-corrected chi connectivity index (χ1v) is 5.07. The smallest absolute Gasteiger partial charge is 0.370 e. The number of hydrogen-bond acceptors (Lipinski definition) is 2. The number of benzene rings is 1. The van der Waals surface area contributed by atoms with E-state index in [0.29, 0.717) is 0 Å². The van der Waals surface area contributed by atoms with Gasteiger partial charge in [0, 0.05) is 5.56 Å². The minimum Gasteiger partial charge on any atom is -0.370 e. The molecule has 0 aliphatic carbocycles.